The third-order valence-electron chi connectivity index (χ3n) is 4.25. The highest BCUT2D eigenvalue weighted by molar-refractivity contribution is 8.14. The second kappa shape index (κ2) is 8.19. The number of rotatable bonds is 4. The molecule has 0 saturated heterocycles. The molecule has 134 valence electrons. The summed E-state index contributed by atoms with van der Waals surface area (Å²) in [7, 11) is 0. The number of carbonyl (C=O) groups excluding carboxylic acids is 1. The Labute approximate surface area is 158 Å². The Morgan fingerprint density at radius 1 is 1.23 bits per heavy atom. The monoisotopic (exact) mass is 366 g/mol. The van der Waals surface area contributed by atoms with Crippen LogP contribution in [0.1, 0.15) is 30.0 Å². The van der Waals surface area contributed by atoms with Gasteiger partial charge in [0.05, 0.1) is 11.4 Å². The maximum absolute atomic E-state index is 11.4. The Morgan fingerprint density at radius 3 is 2.65 bits per heavy atom. The number of aryl methyl sites for hydroxylation is 1. The molecule has 2 N–H and O–H groups in total. The summed E-state index contributed by atoms with van der Waals surface area (Å²) in [6.07, 6.45) is 0.470. The van der Waals surface area contributed by atoms with Crippen molar-refractivity contribution >= 4 is 39.9 Å². The minimum Gasteiger partial charge on any atom is -0.326 e. The number of thioether (sulfide) groups is 1. The van der Waals surface area contributed by atoms with E-state index >= 15 is 0 Å². The Kier molecular flexibility index (Phi) is 5.73. The first-order valence-corrected chi connectivity index (χ1v) is 9.56. The first kappa shape index (κ1) is 18.2. The number of anilines is 1. The maximum Gasteiger partial charge on any atom is 0.224 e. The maximum atomic E-state index is 11.4. The molecule has 0 aliphatic carbocycles. The normalized spacial score (nSPS) is 15.3. The molecule has 1 aliphatic heterocycles. The van der Waals surface area contributed by atoms with Crippen molar-refractivity contribution in [3.63, 3.8) is 0 Å². The van der Waals surface area contributed by atoms with Gasteiger partial charge in [-0.05, 0) is 48.7 Å². The number of carbonyl (C=O) groups is 1. The highest BCUT2D eigenvalue weighted by Gasteiger charge is 2.14. The molecule has 1 amide bonds. The number of hydrazone groups is 1. The van der Waals surface area contributed by atoms with E-state index in [1.807, 2.05) is 43.3 Å². The lowest BCUT2D eigenvalue weighted by atomic mass is 10.1. The highest BCUT2D eigenvalue weighted by Crippen LogP contribution is 2.24. The van der Waals surface area contributed by atoms with E-state index in [9.17, 15) is 4.79 Å². The summed E-state index contributed by atoms with van der Waals surface area (Å²) < 4.78 is 0. The molecule has 0 radical (unpaired) electrons. The van der Waals surface area contributed by atoms with Crippen LogP contribution in [0.5, 0.6) is 0 Å². The molecule has 0 spiro atoms. The predicted molar refractivity (Wildman–Crippen MR) is 111 cm³/mol. The van der Waals surface area contributed by atoms with Gasteiger partial charge >= 0.3 is 0 Å². The first-order valence-electron chi connectivity index (χ1n) is 8.57. The molecule has 5 nitrogen and oxygen atoms in total. The van der Waals surface area contributed by atoms with Crippen LogP contribution in [0.3, 0.4) is 0 Å². The SMILES string of the molecule is CCC(=O)Nc1ccc(C2=NNC(=Nc3cccc(C)c3C)SC2)cc1. The zero-order valence-corrected chi connectivity index (χ0v) is 16.0. The minimum absolute atomic E-state index is 0.0114. The van der Waals surface area contributed by atoms with Crippen molar-refractivity contribution in [1.82, 2.24) is 5.43 Å². The molecule has 1 heterocycles. The average molecular weight is 366 g/mol. The molecule has 2 aromatic carbocycles. The topological polar surface area (TPSA) is 65.8 Å². The third-order valence-corrected chi connectivity index (χ3v) is 5.13. The molecule has 0 unspecified atom stereocenters. The van der Waals surface area contributed by atoms with Crippen molar-refractivity contribution in [2.45, 2.75) is 27.2 Å². The molecule has 6 heteroatoms. The van der Waals surface area contributed by atoms with E-state index < -0.39 is 0 Å². The standard InChI is InChI=1S/C20H22N4OS/c1-4-19(25)21-16-10-8-15(9-11-16)18-12-26-20(24-23-18)22-17-7-5-6-13(2)14(17)3/h5-11H,4,12H2,1-3H3,(H,21,25)(H,22,24). The van der Waals surface area contributed by atoms with Crippen molar-refractivity contribution in [3.05, 3.63) is 59.2 Å². The van der Waals surface area contributed by atoms with Crippen LogP contribution >= 0.6 is 11.8 Å². The Hall–Kier alpha value is -2.60. The molecule has 0 fully saturated rings. The van der Waals surface area contributed by atoms with Gasteiger partial charge in [0.1, 0.15) is 0 Å². The van der Waals surface area contributed by atoms with Gasteiger partial charge in [-0.25, -0.2) is 4.99 Å². The zero-order chi connectivity index (χ0) is 18.5. The van der Waals surface area contributed by atoms with Crippen molar-refractivity contribution in [1.29, 1.82) is 0 Å². The van der Waals surface area contributed by atoms with Gasteiger partial charge in [-0.3, -0.25) is 10.2 Å². The molecule has 0 saturated carbocycles. The number of amides is 1. The molecule has 1 aliphatic rings. The minimum atomic E-state index is 0.0114. The number of amidine groups is 1. The number of hydrogen-bond donors (Lipinski definition) is 2. The van der Waals surface area contributed by atoms with Crippen LogP contribution in [-0.2, 0) is 4.79 Å². The lowest BCUT2D eigenvalue weighted by molar-refractivity contribution is -0.115. The van der Waals surface area contributed by atoms with E-state index in [2.05, 4.69) is 40.8 Å². The summed E-state index contributed by atoms with van der Waals surface area (Å²) >= 11 is 1.63. The molecule has 0 aromatic heterocycles. The number of nitrogens with zero attached hydrogens (tertiary/aromatic N) is 2. The van der Waals surface area contributed by atoms with E-state index in [-0.39, 0.29) is 5.91 Å². The van der Waals surface area contributed by atoms with E-state index in [1.165, 1.54) is 11.1 Å². The van der Waals surface area contributed by atoms with Crippen LogP contribution in [0.15, 0.2) is 52.6 Å². The summed E-state index contributed by atoms with van der Waals surface area (Å²) in [6, 6.07) is 13.9. The van der Waals surface area contributed by atoms with E-state index in [0.717, 1.165) is 33.6 Å². The molecule has 2 aromatic rings. The Morgan fingerprint density at radius 2 is 2.00 bits per heavy atom. The summed E-state index contributed by atoms with van der Waals surface area (Å²) in [5.74, 6) is 0.759. The molecule has 0 atom stereocenters. The quantitative estimate of drug-likeness (QED) is 0.844. The average Bonchev–Trinajstić information content (AvgIpc) is 2.67. The number of benzene rings is 2. The zero-order valence-electron chi connectivity index (χ0n) is 15.2. The van der Waals surface area contributed by atoms with Crippen LogP contribution < -0.4 is 10.7 Å². The van der Waals surface area contributed by atoms with Gasteiger partial charge in [0, 0.05) is 17.9 Å². The summed E-state index contributed by atoms with van der Waals surface area (Å²) in [4.78, 5) is 16.1. The molecule has 0 bridgehead atoms. The third kappa shape index (κ3) is 4.32. The van der Waals surface area contributed by atoms with Gasteiger partial charge in [0.2, 0.25) is 5.91 Å². The number of nitrogens with one attached hydrogen (secondary N) is 2. The largest absolute Gasteiger partial charge is 0.326 e. The highest BCUT2D eigenvalue weighted by atomic mass is 32.2. The van der Waals surface area contributed by atoms with Gasteiger partial charge in [-0.1, -0.05) is 43.0 Å². The lowest BCUT2D eigenvalue weighted by Crippen LogP contribution is -2.25. The summed E-state index contributed by atoms with van der Waals surface area (Å²) in [6.45, 7) is 6.00. The fourth-order valence-corrected chi connectivity index (χ4v) is 3.26. The number of aliphatic imine (C=N–C) groups is 1. The van der Waals surface area contributed by atoms with Crippen molar-refractivity contribution in [2.24, 2.45) is 10.1 Å². The van der Waals surface area contributed by atoms with Crippen LogP contribution in [0.2, 0.25) is 0 Å². The molecule has 3 rings (SSSR count). The first-order chi connectivity index (χ1) is 12.6. The van der Waals surface area contributed by atoms with Crippen LogP contribution in [-0.4, -0.2) is 22.5 Å². The second-order valence-electron chi connectivity index (χ2n) is 6.07. The molecular formula is C20H22N4OS. The Balaban J connectivity index is 1.70. The van der Waals surface area contributed by atoms with Crippen LogP contribution in [0, 0.1) is 13.8 Å². The van der Waals surface area contributed by atoms with Gasteiger partial charge in [0.15, 0.2) is 5.17 Å². The van der Waals surface area contributed by atoms with Crippen molar-refractivity contribution in [3.8, 4) is 0 Å². The van der Waals surface area contributed by atoms with Gasteiger partial charge in [-0.15, -0.1) is 0 Å². The Bertz CT molecular complexity index is 872. The fourth-order valence-electron chi connectivity index (χ4n) is 2.48. The predicted octanol–water partition coefficient (Wildman–Crippen LogP) is 4.38. The second-order valence-corrected chi connectivity index (χ2v) is 7.04. The molecular weight excluding hydrogens is 344 g/mol. The summed E-state index contributed by atoms with van der Waals surface area (Å²) in [5.41, 5.74) is 9.22. The lowest BCUT2D eigenvalue weighted by Gasteiger charge is -2.16. The van der Waals surface area contributed by atoms with Crippen LogP contribution in [0.25, 0.3) is 0 Å². The summed E-state index contributed by atoms with van der Waals surface area (Å²) in [5, 5.41) is 8.11. The fraction of sp³-hybridized carbons (Fsp3) is 0.250. The van der Waals surface area contributed by atoms with Gasteiger partial charge < -0.3 is 5.32 Å². The molecule has 26 heavy (non-hydrogen) atoms. The van der Waals surface area contributed by atoms with Gasteiger partial charge in [0.25, 0.3) is 0 Å². The van der Waals surface area contributed by atoms with Crippen molar-refractivity contribution < 1.29 is 4.79 Å². The number of hydrogen-bond acceptors (Lipinski definition) is 4. The van der Waals surface area contributed by atoms with E-state index in [4.69, 9.17) is 0 Å². The smallest absolute Gasteiger partial charge is 0.224 e. The van der Waals surface area contributed by atoms with Gasteiger partial charge in [-0.2, -0.15) is 5.10 Å². The van der Waals surface area contributed by atoms with E-state index in [0.29, 0.717) is 6.42 Å². The van der Waals surface area contributed by atoms with E-state index in [1.54, 1.807) is 11.8 Å². The van der Waals surface area contributed by atoms with Crippen molar-refractivity contribution in [2.75, 3.05) is 11.1 Å². The van der Waals surface area contributed by atoms with Crippen LogP contribution in [0.4, 0.5) is 11.4 Å².